The van der Waals surface area contributed by atoms with Gasteiger partial charge in [-0.1, -0.05) is 0 Å². The summed E-state index contributed by atoms with van der Waals surface area (Å²) in [4.78, 5) is 36.1. The lowest BCUT2D eigenvalue weighted by Gasteiger charge is -2.09. The smallest absolute Gasteiger partial charge is 0.338 e. The maximum Gasteiger partial charge on any atom is 0.338 e. The summed E-state index contributed by atoms with van der Waals surface area (Å²) in [6, 6.07) is 17.2. The summed E-state index contributed by atoms with van der Waals surface area (Å²) in [5.41, 5.74) is 2.33. The van der Waals surface area contributed by atoms with Crippen LogP contribution in [-0.2, 0) is 16.1 Å². The SMILES string of the molecule is CCOC(=O)c1ccc(NC(=O)CCCn2nc(-c3ccc(OCC)cc3)ccc2=O)cc1. The van der Waals surface area contributed by atoms with E-state index in [1.807, 2.05) is 31.2 Å². The van der Waals surface area contributed by atoms with Gasteiger partial charge in [-0.3, -0.25) is 9.59 Å². The highest BCUT2D eigenvalue weighted by Crippen LogP contribution is 2.20. The monoisotopic (exact) mass is 449 g/mol. The number of nitrogens with one attached hydrogen (secondary N) is 1. The zero-order valence-electron chi connectivity index (χ0n) is 18.7. The average molecular weight is 450 g/mol. The maximum absolute atomic E-state index is 12.3. The number of amides is 1. The molecule has 172 valence electrons. The van der Waals surface area contributed by atoms with Crippen LogP contribution in [-0.4, -0.2) is 34.9 Å². The molecule has 0 bridgehead atoms. The molecular weight excluding hydrogens is 422 g/mol. The highest BCUT2D eigenvalue weighted by atomic mass is 16.5. The minimum Gasteiger partial charge on any atom is -0.494 e. The molecular formula is C25H27N3O5. The van der Waals surface area contributed by atoms with Crippen LogP contribution in [0, 0.1) is 0 Å². The molecule has 0 aliphatic rings. The number of hydrogen-bond acceptors (Lipinski definition) is 6. The first-order chi connectivity index (χ1) is 16.0. The van der Waals surface area contributed by atoms with Gasteiger partial charge < -0.3 is 14.8 Å². The van der Waals surface area contributed by atoms with Crippen molar-refractivity contribution < 1.29 is 19.1 Å². The Kier molecular flexibility index (Phi) is 8.35. The molecule has 0 aliphatic carbocycles. The standard InChI is InChI=1S/C25H27N3O5/c1-3-32-21-13-9-18(10-14-21)22-15-16-24(30)28(27-22)17-5-6-23(29)26-20-11-7-19(8-12-20)25(31)33-4-2/h7-16H,3-6,17H2,1-2H3,(H,26,29). The van der Waals surface area contributed by atoms with Gasteiger partial charge in [-0.05, 0) is 74.9 Å². The van der Waals surface area contributed by atoms with Crippen molar-refractivity contribution in [3.8, 4) is 17.0 Å². The van der Waals surface area contributed by atoms with Crippen LogP contribution < -0.4 is 15.6 Å². The zero-order chi connectivity index (χ0) is 23.6. The molecule has 1 amide bonds. The lowest BCUT2D eigenvalue weighted by molar-refractivity contribution is -0.116. The Morgan fingerprint density at radius 2 is 1.67 bits per heavy atom. The van der Waals surface area contributed by atoms with Gasteiger partial charge in [0.25, 0.3) is 5.56 Å². The van der Waals surface area contributed by atoms with Crippen LogP contribution in [0.4, 0.5) is 5.69 Å². The van der Waals surface area contributed by atoms with Gasteiger partial charge >= 0.3 is 5.97 Å². The van der Waals surface area contributed by atoms with Crippen molar-refractivity contribution in [1.29, 1.82) is 0 Å². The Morgan fingerprint density at radius 3 is 2.33 bits per heavy atom. The Morgan fingerprint density at radius 1 is 0.939 bits per heavy atom. The number of rotatable bonds is 10. The topological polar surface area (TPSA) is 99.5 Å². The van der Waals surface area contributed by atoms with Crippen molar-refractivity contribution in [3.05, 3.63) is 76.6 Å². The number of ether oxygens (including phenoxy) is 2. The Bertz CT molecular complexity index is 1140. The van der Waals surface area contributed by atoms with E-state index in [-0.39, 0.29) is 17.9 Å². The van der Waals surface area contributed by atoms with E-state index in [9.17, 15) is 14.4 Å². The van der Waals surface area contributed by atoms with E-state index >= 15 is 0 Å². The van der Waals surface area contributed by atoms with Crippen molar-refractivity contribution >= 4 is 17.6 Å². The Labute approximate surface area is 192 Å². The highest BCUT2D eigenvalue weighted by Gasteiger charge is 2.09. The second-order valence-corrected chi connectivity index (χ2v) is 7.19. The van der Waals surface area contributed by atoms with E-state index in [0.717, 1.165) is 11.3 Å². The fourth-order valence-corrected chi connectivity index (χ4v) is 3.17. The molecule has 8 nitrogen and oxygen atoms in total. The quantitative estimate of drug-likeness (QED) is 0.471. The van der Waals surface area contributed by atoms with Gasteiger partial charge in [0, 0.05) is 30.3 Å². The van der Waals surface area contributed by atoms with Crippen molar-refractivity contribution in [3.63, 3.8) is 0 Å². The van der Waals surface area contributed by atoms with Crippen LogP contribution in [0.2, 0.25) is 0 Å². The van der Waals surface area contributed by atoms with Crippen molar-refractivity contribution in [2.75, 3.05) is 18.5 Å². The Balaban J connectivity index is 1.54. The average Bonchev–Trinajstić information content (AvgIpc) is 2.82. The number of esters is 1. The van der Waals surface area contributed by atoms with E-state index in [1.54, 1.807) is 37.3 Å². The summed E-state index contributed by atoms with van der Waals surface area (Å²) in [6.45, 7) is 4.88. The van der Waals surface area contributed by atoms with Crippen molar-refractivity contribution in [2.24, 2.45) is 0 Å². The summed E-state index contributed by atoms with van der Waals surface area (Å²) in [5, 5.41) is 7.21. The number of nitrogens with zero attached hydrogens (tertiary/aromatic N) is 2. The summed E-state index contributed by atoms with van der Waals surface area (Å²) < 4.78 is 11.8. The first-order valence-corrected chi connectivity index (χ1v) is 10.9. The van der Waals surface area contributed by atoms with E-state index in [1.165, 1.54) is 10.7 Å². The van der Waals surface area contributed by atoms with Crippen LogP contribution >= 0.6 is 0 Å². The molecule has 0 spiro atoms. The normalized spacial score (nSPS) is 10.5. The third-order valence-corrected chi connectivity index (χ3v) is 4.78. The summed E-state index contributed by atoms with van der Waals surface area (Å²) in [5.74, 6) is 0.187. The van der Waals surface area contributed by atoms with Crippen LogP contribution in [0.3, 0.4) is 0 Å². The lowest BCUT2D eigenvalue weighted by Crippen LogP contribution is -2.23. The number of aromatic nitrogens is 2. The number of anilines is 1. The first kappa shape index (κ1) is 23.7. The van der Waals surface area contributed by atoms with Gasteiger partial charge in [-0.2, -0.15) is 5.10 Å². The third-order valence-electron chi connectivity index (χ3n) is 4.78. The van der Waals surface area contributed by atoms with Crippen LogP contribution in [0.25, 0.3) is 11.3 Å². The molecule has 1 aromatic heterocycles. The molecule has 33 heavy (non-hydrogen) atoms. The minimum absolute atomic E-state index is 0.186. The van der Waals surface area contributed by atoms with E-state index in [4.69, 9.17) is 9.47 Å². The second kappa shape index (κ2) is 11.6. The number of aryl methyl sites for hydroxylation is 1. The Hall–Kier alpha value is -3.94. The van der Waals surface area contributed by atoms with Gasteiger partial charge in [0.05, 0.1) is 24.5 Å². The summed E-state index contributed by atoms with van der Waals surface area (Å²) >= 11 is 0. The fourth-order valence-electron chi connectivity index (χ4n) is 3.17. The van der Waals surface area contributed by atoms with Gasteiger partial charge in [0.1, 0.15) is 5.75 Å². The molecule has 1 heterocycles. The zero-order valence-corrected chi connectivity index (χ0v) is 18.7. The number of carbonyl (C=O) groups excluding carboxylic acids is 2. The van der Waals surface area contributed by atoms with Crippen molar-refractivity contribution in [2.45, 2.75) is 33.2 Å². The molecule has 1 N–H and O–H groups in total. The van der Waals surface area contributed by atoms with Gasteiger partial charge in [0.15, 0.2) is 0 Å². The fraction of sp³-hybridized carbons (Fsp3) is 0.280. The summed E-state index contributed by atoms with van der Waals surface area (Å²) in [6.07, 6.45) is 0.674. The predicted molar refractivity (Wildman–Crippen MR) is 125 cm³/mol. The first-order valence-electron chi connectivity index (χ1n) is 10.9. The molecule has 8 heteroatoms. The molecule has 3 aromatic rings. The maximum atomic E-state index is 12.3. The summed E-state index contributed by atoms with van der Waals surface area (Å²) in [7, 11) is 0. The van der Waals surface area contributed by atoms with E-state index in [0.29, 0.717) is 43.1 Å². The number of benzene rings is 2. The van der Waals surface area contributed by atoms with Crippen LogP contribution in [0.15, 0.2) is 65.5 Å². The lowest BCUT2D eigenvalue weighted by atomic mass is 10.1. The van der Waals surface area contributed by atoms with Gasteiger partial charge in [0.2, 0.25) is 5.91 Å². The van der Waals surface area contributed by atoms with Gasteiger partial charge in [-0.25, -0.2) is 9.48 Å². The number of hydrogen-bond donors (Lipinski definition) is 1. The second-order valence-electron chi connectivity index (χ2n) is 7.19. The molecule has 3 rings (SSSR count). The predicted octanol–water partition coefficient (Wildman–Crippen LogP) is 3.90. The molecule has 0 saturated carbocycles. The molecule has 0 aliphatic heterocycles. The number of carbonyl (C=O) groups is 2. The van der Waals surface area contributed by atoms with E-state index in [2.05, 4.69) is 10.4 Å². The van der Waals surface area contributed by atoms with Crippen molar-refractivity contribution in [1.82, 2.24) is 9.78 Å². The third kappa shape index (κ3) is 6.77. The van der Waals surface area contributed by atoms with E-state index < -0.39 is 5.97 Å². The minimum atomic E-state index is -0.402. The van der Waals surface area contributed by atoms with Gasteiger partial charge in [-0.15, -0.1) is 0 Å². The molecule has 0 radical (unpaired) electrons. The molecule has 0 unspecified atom stereocenters. The van der Waals surface area contributed by atoms with Crippen LogP contribution in [0.5, 0.6) is 5.75 Å². The molecule has 0 saturated heterocycles. The largest absolute Gasteiger partial charge is 0.494 e. The van der Waals surface area contributed by atoms with Crippen LogP contribution in [0.1, 0.15) is 37.0 Å². The molecule has 0 fully saturated rings. The highest BCUT2D eigenvalue weighted by molar-refractivity contribution is 5.93. The molecule has 0 atom stereocenters. The molecule has 2 aromatic carbocycles.